The van der Waals surface area contributed by atoms with Crippen molar-refractivity contribution in [2.24, 2.45) is 11.8 Å². The number of allylic oxidation sites excluding steroid dienone is 6. The van der Waals surface area contributed by atoms with Crippen LogP contribution in [-0.4, -0.2) is 29.7 Å². The molecule has 0 heterocycles. The standard InChI is InChI=1S/C34H52O2.C4H6O/c1-5-8-9-11-27-16-17-30(22-31(27)10-6-2)25(4)20-32-18-19-33(21-26(32)7-3)28-12-14-29(15-13-28)34(23-35)24-36;1-4(2)3-5/h18-22,28-29,34-36H,5-17,23-24H2,1-4H3;3H,1H2,2H3/b25-20+;. The molecule has 2 aliphatic rings. The predicted molar refractivity (Wildman–Crippen MR) is 176 cm³/mol. The van der Waals surface area contributed by atoms with Crippen molar-refractivity contribution in [1.82, 2.24) is 0 Å². The van der Waals surface area contributed by atoms with Crippen LogP contribution in [0.1, 0.15) is 134 Å². The third-order valence-electron chi connectivity index (χ3n) is 9.11. The minimum atomic E-state index is 0.0573. The van der Waals surface area contributed by atoms with Crippen LogP contribution < -0.4 is 0 Å². The monoisotopic (exact) mass is 562 g/mol. The van der Waals surface area contributed by atoms with Gasteiger partial charge >= 0.3 is 0 Å². The lowest BCUT2D eigenvalue weighted by Gasteiger charge is -2.32. The Balaban J connectivity index is 0.00000108. The Morgan fingerprint density at radius 1 is 0.976 bits per heavy atom. The molecule has 2 N–H and O–H groups in total. The third-order valence-corrected chi connectivity index (χ3v) is 9.11. The molecule has 228 valence electrons. The van der Waals surface area contributed by atoms with E-state index in [0.717, 1.165) is 25.5 Å². The quantitative estimate of drug-likeness (QED) is 0.135. The first kappa shape index (κ1) is 35.0. The minimum Gasteiger partial charge on any atom is -0.396 e. The second kappa shape index (κ2) is 19.1. The Labute approximate surface area is 251 Å². The molecule has 0 aliphatic heterocycles. The van der Waals surface area contributed by atoms with Crippen molar-refractivity contribution in [2.75, 3.05) is 13.2 Å². The maximum atomic E-state index is 9.55. The first-order valence-corrected chi connectivity index (χ1v) is 16.4. The van der Waals surface area contributed by atoms with E-state index in [2.05, 4.69) is 64.6 Å². The molecule has 1 aromatic rings. The number of unbranched alkanes of at least 4 members (excludes halogenated alkanes) is 2. The molecule has 3 heteroatoms. The zero-order valence-electron chi connectivity index (χ0n) is 26.8. The van der Waals surface area contributed by atoms with Gasteiger partial charge in [-0.15, -0.1) is 0 Å². The lowest BCUT2D eigenvalue weighted by molar-refractivity contribution is -0.104. The number of carbonyl (C=O) groups is 1. The van der Waals surface area contributed by atoms with Gasteiger partial charge in [0.1, 0.15) is 6.29 Å². The van der Waals surface area contributed by atoms with E-state index in [4.69, 9.17) is 0 Å². The summed E-state index contributed by atoms with van der Waals surface area (Å²) in [4.78, 5) is 9.41. The maximum Gasteiger partial charge on any atom is 0.145 e. The van der Waals surface area contributed by atoms with Crippen LogP contribution in [-0.2, 0) is 11.2 Å². The highest BCUT2D eigenvalue weighted by molar-refractivity contribution is 5.70. The number of aldehydes is 1. The molecule has 0 unspecified atom stereocenters. The summed E-state index contributed by atoms with van der Waals surface area (Å²) in [7, 11) is 0. The summed E-state index contributed by atoms with van der Waals surface area (Å²) in [5.74, 6) is 1.13. The number of aryl methyl sites for hydroxylation is 1. The van der Waals surface area contributed by atoms with Crippen molar-refractivity contribution in [1.29, 1.82) is 0 Å². The molecule has 0 bridgehead atoms. The summed E-state index contributed by atoms with van der Waals surface area (Å²) >= 11 is 0. The minimum absolute atomic E-state index is 0.0573. The fraction of sp³-hybridized carbons (Fsp3) is 0.605. The molecule has 2 aliphatic carbocycles. The fourth-order valence-electron chi connectivity index (χ4n) is 6.47. The van der Waals surface area contributed by atoms with Crippen LogP contribution in [0.25, 0.3) is 6.08 Å². The van der Waals surface area contributed by atoms with Gasteiger partial charge in [0, 0.05) is 19.1 Å². The molecule has 3 nitrogen and oxygen atoms in total. The summed E-state index contributed by atoms with van der Waals surface area (Å²) in [6.45, 7) is 14.4. The van der Waals surface area contributed by atoms with Crippen LogP contribution in [0.5, 0.6) is 0 Å². The number of aliphatic hydroxyl groups excluding tert-OH is 2. The molecule has 3 rings (SSSR count). The second-order valence-corrected chi connectivity index (χ2v) is 12.3. The van der Waals surface area contributed by atoms with E-state index in [9.17, 15) is 15.0 Å². The molecule has 0 amide bonds. The highest BCUT2D eigenvalue weighted by Crippen LogP contribution is 2.40. The normalized spacial score (nSPS) is 19.5. The van der Waals surface area contributed by atoms with Crippen molar-refractivity contribution in [2.45, 2.75) is 124 Å². The highest BCUT2D eigenvalue weighted by atomic mass is 16.3. The summed E-state index contributed by atoms with van der Waals surface area (Å²) in [6, 6.07) is 7.18. The van der Waals surface area contributed by atoms with Crippen LogP contribution in [0, 0.1) is 11.8 Å². The topological polar surface area (TPSA) is 57.5 Å². The van der Waals surface area contributed by atoms with Gasteiger partial charge in [0.15, 0.2) is 0 Å². The van der Waals surface area contributed by atoms with Crippen LogP contribution in [0.2, 0.25) is 0 Å². The summed E-state index contributed by atoms with van der Waals surface area (Å²) < 4.78 is 0. The second-order valence-electron chi connectivity index (χ2n) is 12.3. The van der Waals surface area contributed by atoms with Crippen molar-refractivity contribution in [3.63, 3.8) is 0 Å². The smallest absolute Gasteiger partial charge is 0.145 e. The molecular weight excluding hydrogens is 504 g/mol. The van der Waals surface area contributed by atoms with Gasteiger partial charge in [0.05, 0.1) is 0 Å². The van der Waals surface area contributed by atoms with Gasteiger partial charge < -0.3 is 10.2 Å². The lowest BCUT2D eigenvalue weighted by atomic mass is 9.74. The van der Waals surface area contributed by atoms with Crippen molar-refractivity contribution in [3.8, 4) is 0 Å². The van der Waals surface area contributed by atoms with E-state index in [1.54, 1.807) is 18.1 Å². The van der Waals surface area contributed by atoms with E-state index in [0.29, 0.717) is 17.4 Å². The third kappa shape index (κ3) is 11.2. The number of benzene rings is 1. The van der Waals surface area contributed by atoms with Crippen LogP contribution in [0.3, 0.4) is 0 Å². The first-order chi connectivity index (χ1) is 19.8. The average molecular weight is 563 g/mol. The van der Waals surface area contributed by atoms with Crippen molar-refractivity contribution >= 4 is 12.4 Å². The summed E-state index contributed by atoms with van der Waals surface area (Å²) in [6.07, 6.45) is 21.4. The van der Waals surface area contributed by atoms with E-state index in [1.807, 2.05) is 0 Å². The zero-order valence-corrected chi connectivity index (χ0v) is 26.8. The molecule has 0 radical (unpaired) electrons. The number of hydrogen-bond acceptors (Lipinski definition) is 3. The summed E-state index contributed by atoms with van der Waals surface area (Å²) in [5.41, 5.74) is 11.2. The van der Waals surface area contributed by atoms with Gasteiger partial charge in [-0.25, -0.2) is 0 Å². The van der Waals surface area contributed by atoms with Crippen molar-refractivity contribution in [3.05, 3.63) is 75.4 Å². The van der Waals surface area contributed by atoms with Crippen LogP contribution in [0.4, 0.5) is 0 Å². The Kier molecular flexibility index (Phi) is 16.3. The van der Waals surface area contributed by atoms with E-state index in [-0.39, 0.29) is 19.1 Å². The van der Waals surface area contributed by atoms with Gasteiger partial charge in [-0.2, -0.15) is 0 Å². The molecule has 1 saturated carbocycles. The van der Waals surface area contributed by atoms with E-state index in [1.165, 1.54) is 92.0 Å². The predicted octanol–water partition coefficient (Wildman–Crippen LogP) is 9.69. The van der Waals surface area contributed by atoms with Gasteiger partial charge in [0.25, 0.3) is 0 Å². The average Bonchev–Trinajstić information content (AvgIpc) is 2.99. The van der Waals surface area contributed by atoms with Gasteiger partial charge in [0.2, 0.25) is 0 Å². The molecular formula is C38H58O3. The number of rotatable bonds is 14. The van der Waals surface area contributed by atoms with E-state index < -0.39 is 0 Å². The molecule has 41 heavy (non-hydrogen) atoms. The Morgan fingerprint density at radius 2 is 1.66 bits per heavy atom. The van der Waals surface area contributed by atoms with Crippen LogP contribution in [0.15, 0.2) is 58.7 Å². The molecule has 0 aromatic heterocycles. The van der Waals surface area contributed by atoms with Gasteiger partial charge in [-0.1, -0.05) is 82.5 Å². The van der Waals surface area contributed by atoms with Gasteiger partial charge in [-0.3, -0.25) is 4.79 Å². The highest BCUT2D eigenvalue weighted by Gasteiger charge is 2.27. The molecule has 1 fully saturated rings. The summed E-state index contributed by atoms with van der Waals surface area (Å²) in [5, 5.41) is 19.1. The molecule has 0 atom stereocenters. The molecule has 0 spiro atoms. The van der Waals surface area contributed by atoms with Crippen molar-refractivity contribution < 1.29 is 15.0 Å². The van der Waals surface area contributed by atoms with Crippen LogP contribution >= 0.6 is 0 Å². The fourth-order valence-corrected chi connectivity index (χ4v) is 6.47. The Morgan fingerprint density at radius 3 is 2.22 bits per heavy atom. The first-order valence-electron chi connectivity index (χ1n) is 16.4. The molecule has 1 aromatic carbocycles. The lowest BCUT2D eigenvalue weighted by Crippen LogP contribution is -2.26. The van der Waals surface area contributed by atoms with E-state index >= 15 is 0 Å². The zero-order chi connectivity index (χ0) is 30.2. The number of carbonyl (C=O) groups excluding carboxylic acids is 1. The maximum absolute atomic E-state index is 9.55. The number of aliphatic hydroxyl groups is 2. The molecule has 0 saturated heterocycles. The van der Waals surface area contributed by atoms with Gasteiger partial charge in [-0.05, 0) is 129 Å². The largest absolute Gasteiger partial charge is 0.396 e. The Hall–Kier alpha value is -2.23. The number of hydrogen-bond donors (Lipinski definition) is 2. The SMILES string of the molecule is C=C(C)C=O.CCCCCC1=C(CCC)C=C(/C(C)=C/c2ccc(C3CCC(C(CO)CO)CC3)cc2CC)CC1. The Bertz CT molecular complexity index is 1050.